The van der Waals surface area contributed by atoms with Gasteiger partial charge in [-0.2, -0.15) is 0 Å². The van der Waals surface area contributed by atoms with Crippen LogP contribution in [0.3, 0.4) is 0 Å². The van der Waals surface area contributed by atoms with Crippen LogP contribution in [0.15, 0.2) is 79.0 Å². The number of ether oxygens (including phenoxy) is 2. The maximum absolute atomic E-state index is 13.2. The number of imidazole rings is 1. The quantitative estimate of drug-likeness (QED) is 0.0416. The summed E-state index contributed by atoms with van der Waals surface area (Å²) in [6, 6.07) is 17.9. The van der Waals surface area contributed by atoms with Gasteiger partial charge in [0.15, 0.2) is 0 Å². The highest BCUT2D eigenvalue weighted by Gasteiger charge is 2.22. The number of non-ortho nitro benzene ring substituents is 1. The van der Waals surface area contributed by atoms with Crippen LogP contribution in [-0.4, -0.2) is 40.0 Å². The molecule has 1 atom stereocenters. The van der Waals surface area contributed by atoms with Crippen LogP contribution in [-0.2, 0) is 16.0 Å². The molecule has 0 spiro atoms. The highest BCUT2D eigenvalue weighted by atomic mass is 35.5. The Bertz CT molecular complexity index is 1650. The first-order valence-corrected chi connectivity index (χ1v) is 15.6. The average molecular weight is 645 g/mol. The van der Waals surface area contributed by atoms with Crippen LogP contribution < -0.4 is 10.1 Å². The standard InChI is InChI=1S/C35H37ClN4O6/c1-3-5-19-45-32-17-12-26(21-29(32)35(42)46-20-6-4-2)30(39-34(41)18-9-24-7-13-27(36)14-8-24)22-33-37-23-31(38-33)25-10-15-28(16-11-25)40(43)44/h7-18,21,23,30H,3-6,19-20,22H2,1-2H3,(H,37,38)(H,39,41). The summed E-state index contributed by atoms with van der Waals surface area (Å²) in [4.78, 5) is 44.7. The Hall–Kier alpha value is -4.96. The van der Waals surface area contributed by atoms with Crippen molar-refractivity contribution in [2.75, 3.05) is 13.2 Å². The van der Waals surface area contributed by atoms with Gasteiger partial charge in [-0.05, 0) is 66.4 Å². The van der Waals surface area contributed by atoms with E-state index in [1.54, 1.807) is 60.8 Å². The Morgan fingerprint density at radius 3 is 2.43 bits per heavy atom. The van der Waals surface area contributed by atoms with Gasteiger partial charge in [-0.15, -0.1) is 0 Å². The first-order valence-electron chi connectivity index (χ1n) is 15.2. The van der Waals surface area contributed by atoms with Gasteiger partial charge in [-0.3, -0.25) is 14.9 Å². The monoisotopic (exact) mass is 644 g/mol. The molecule has 4 rings (SSSR count). The molecule has 0 aliphatic heterocycles. The number of carbonyl (C=O) groups is 2. The van der Waals surface area contributed by atoms with Gasteiger partial charge in [0, 0.05) is 35.2 Å². The van der Waals surface area contributed by atoms with E-state index in [4.69, 9.17) is 21.1 Å². The van der Waals surface area contributed by atoms with Gasteiger partial charge in [0.2, 0.25) is 5.91 Å². The molecule has 0 saturated carbocycles. The van der Waals surface area contributed by atoms with E-state index in [1.807, 2.05) is 13.0 Å². The third kappa shape index (κ3) is 9.77. The molecule has 0 fully saturated rings. The molecule has 0 aliphatic rings. The molecular formula is C35H37ClN4O6. The number of H-pyrrole nitrogens is 1. The fraction of sp³-hybridized carbons (Fsp3) is 0.286. The van der Waals surface area contributed by atoms with Crippen molar-refractivity contribution in [1.82, 2.24) is 15.3 Å². The van der Waals surface area contributed by atoms with E-state index >= 15 is 0 Å². The van der Waals surface area contributed by atoms with E-state index in [0.29, 0.717) is 41.1 Å². The summed E-state index contributed by atoms with van der Waals surface area (Å²) in [5, 5.41) is 14.7. The first-order chi connectivity index (χ1) is 22.3. The number of nitrogens with one attached hydrogen (secondary N) is 2. The number of esters is 1. The van der Waals surface area contributed by atoms with Gasteiger partial charge in [-0.25, -0.2) is 9.78 Å². The number of unbranched alkanes of at least 4 members (excludes halogenated alkanes) is 2. The van der Waals surface area contributed by atoms with Crippen molar-refractivity contribution in [2.24, 2.45) is 0 Å². The number of hydrogen-bond donors (Lipinski definition) is 2. The molecule has 46 heavy (non-hydrogen) atoms. The minimum absolute atomic E-state index is 0.0101. The molecule has 2 N–H and O–H groups in total. The second-order valence-corrected chi connectivity index (χ2v) is 11.1. The van der Waals surface area contributed by atoms with E-state index in [9.17, 15) is 19.7 Å². The van der Waals surface area contributed by atoms with E-state index < -0.39 is 16.9 Å². The van der Waals surface area contributed by atoms with Crippen molar-refractivity contribution in [3.8, 4) is 17.0 Å². The molecule has 1 heterocycles. The molecule has 1 aromatic heterocycles. The van der Waals surface area contributed by atoms with Gasteiger partial charge in [0.1, 0.15) is 17.1 Å². The Morgan fingerprint density at radius 2 is 1.74 bits per heavy atom. The molecule has 0 aliphatic carbocycles. The average Bonchev–Trinajstić information content (AvgIpc) is 3.53. The van der Waals surface area contributed by atoms with Crippen LogP contribution >= 0.6 is 11.6 Å². The van der Waals surface area contributed by atoms with E-state index in [-0.39, 0.29) is 23.6 Å². The SMILES string of the molecule is CCCCOC(=O)c1cc(C(Cc2ncc(-c3ccc([N+](=O)[O-])cc3)[nH]2)NC(=O)C=Cc2ccc(Cl)cc2)ccc1OCCCC. The third-order valence-electron chi connectivity index (χ3n) is 7.14. The van der Waals surface area contributed by atoms with Crippen molar-refractivity contribution in [2.45, 2.75) is 52.0 Å². The van der Waals surface area contributed by atoms with Crippen LogP contribution in [0.4, 0.5) is 5.69 Å². The normalized spacial score (nSPS) is 11.7. The van der Waals surface area contributed by atoms with Gasteiger partial charge in [0.25, 0.3) is 5.69 Å². The molecule has 240 valence electrons. The molecule has 1 unspecified atom stereocenters. The molecule has 4 aromatic rings. The molecular weight excluding hydrogens is 608 g/mol. The van der Waals surface area contributed by atoms with E-state index in [0.717, 1.165) is 36.8 Å². The lowest BCUT2D eigenvalue weighted by atomic mass is 10.00. The number of amides is 1. The number of rotatable bonds is 16. The molecule has 11 heteroatoms. The van der Waals surface area contributed by atoms with Gasteiger partial charge in [0.05, 0.1) is 36.1 Å². The lowest BCUT2D eigenvalue weighted by molar-refractivity contribution is -0.384. The van der Waals surface area contributed by atoms with Crippen molar-refractivity contribution < 1.29 is 24.0 Å². The summed E-state index contributed by atoms with van der Waals surface area (Å²) >= 11 is 5.98. The maximum atomic E-state index is 13.2. The Kier molecular flexibility index (Phi) is 12.5. The number of aromatic amines is 1. The zero-order valence-electron chi connectivity index (χ0n) is 25.8. The second-order valence-electron chi connectivity index (χ2n) is 10.6. The highest BCUT2D eigenvalue weighted by molar-refractivity contribution is 6.30. The zero-order chi connectivity index (χ0) is 32.9. The predicted octanol–water partition coefficient (Wildman–Crippen LogP) is 7.89. The molecule has 1 amide bonds. The second kappa shape index (κ2) is 16.9. The predicted molar refractivity (Wildman–Crippen MR) is 178 cm³/mol. The van der Waals surface area contributed by atoms with Crippen LogP contribution in [0.2, 0.25) is 5.02 Å². The summed E-state index contributed by atoms with van der Waals surface area (Å²) in [6.45, 7) is 4.83. The lowest BCUT2D eigenvalue weighted by Crippen LogP contribution is -2.29. The number of carbonyl (C=O) groups excluding carboxylic acids is 2. The topological polar surface area (TPSA) is 136 Å². The molecule has 3 aromatic carbocycles. The molecule has 10 nitrogen and oxygen atoms in total. The number of nitro benzene ring substituents is 1. The number of halogens is 1. The first kappa shape index (κ1) is 33.9. The van der Waals surface area contributed by atoms with Crippen LogP contribution in [0.1, 0.15) is 72.9 Å². The van der Waals surface area contributed by atoms with Crippen LogP contribution in [0, 0.1) is 10.1 Å². The van der Waals surface area contributed by atoms with Gasteiger partial charge < -0.3 is 19.8 Å². The van der Waals surface area contributed by atoms with E-state index in [1.165, 1.54) is 18.2 Å². The Balaban J connectivity index is 1.63. The van der Waals surface area contributed by atoms with Crippen molar-refractivity contribution in [1.29, 1.82) is 0 Å². The Labute approximate surface area is 273 Å². The van der Waals surface area contributed by atoms with Gasteiger partial charge in [-0.1, -0.05) is 56.5 Å². The van der Waals surface area contributed by atoms with Gasteiger partial charge >= 0.3 is 5.97 Å². The summed E-state index contributed by atoms with van der Waals surface area (Å²) in [5.41, 5.74) is 3.13. The number of nitrogens with zero attached hydrogens (tertiary/aromatic N) is 2. The highest BCUT2D eigenvalue weighted by Crippen LogP contribution is 2.28. The number of nitro groups is 1. The van der Waals surface area contributed by atoms with E-state index in [2.05, 4.69) is 22.2 Å². The minimum Gasteiger partial charge on any atom is -0.493 e. The van der Waals surface area contributed by atoms with Crippen LogP contribution in [0.5, 0.6) is 5.75 Å². The maximum Gasteiger partial charge on any atom is 0.341 e. The summed E-state index contributed by atoms with van der Waals surface area (Å²) in [6.07, 6.45) is 8.41. The Morgan fingerprint density at radius 1 is 1.02 bits per heavy atom. The summed E-state index contributed by atoms with van der Waals surface area (Å²) in [7, 11) is 0. The molecule has 0 bridgehead atoms. The molecule has 0 saturated heterocycles. The van der Waals surface area contributed by atoms with Crippen LogP contribution in [0.25, 0.3) is 17.3 Å². The number of benzene rings is 3. The zero-order valence-corrected chi connectivity index (χ0v) is 26.6. The van der Waals surface area contributed by atoms with Crippen molar-refractivity contribution in [3.05, 3.63) is 117 Å². The number of aromatic nitrogens is 2. The molecule has 0 radical (unpaired) electrons. The summed E-state index contributed by atoms with van der Waals surface area (Å²) in [5.74, 6) is 0.144. The largest absolute Gasteiger partial charge is 0.493 e. The van der Waals surface area contributed by atoms with Crippen molar-refractivity contribution >= 4 is 35.2 Å². The van der Waals surface area contributed by atoms with Crippen molar-refractivity contribution in [3.63, 3.8) is 0 Å². The lowest BCUT2D eigenvalue weighted by Gasteiger charge is -2.20. The third-order valence-corrected chi connectivity index (χ3v) is 7.39. The minimum atomic E-state index is -0.592. The smallest absolute Gasteiger partial charge is 0.341 e. The fourth-order valence-electron chi connectivity index (χ4n) is 4.55. The number of hydrogen-bond acceptors (Lipinski definition) is 7. The summed E-state index contributed by atoms with van der Waals surface area (Å²) < 4.78 is 11.5. The fourth-order valence-corrected chi connectivity index (χ4v) is 4.68.